The van der Waals surface area contributed by atoms with Crippen LogP contribution in [0.3, 0.4) is 0 Å². The van der Waals surface area contributed by atoms with Crippen molar-refractivity contribution in [2.24, 2.45) is 0 Å². The molecule has 7 nitrogen and oxygen atoms in total. The Morgan fingerprint density at radius 1 is 1.03 bits per heavy atom. The van der Waals surface area contributed by atoms with E-state index in [0.29, 0.717) is 32.1 Å². The molecule has 1 aliphatic heterocycles. The summed E-state index contributed by atoms with van der Waals surface area (Å²) < 4.78 is 32.3. The van der Waals surface area contributed by atoms with E-state index in [1.54, 1.807) is 18.3 Å². The average Bonchev–Trinajstić information content (AvgIpc) is 2.79. The summed E-state index contributed by atoms with van der Waals surface area (Å²) in [6.07, 6.45) is 3.16. The number of rotatable bonds is 6. The van der Waals surface area contributed by atoms with Crippen LogP contribution in [0.4, 0.5) is 5.82 Å². The lowest BCUT2D eigenvalue weighted by molar-refractivity contribution is 0.0730. The smallest absolute Gasteiger partial charge is 0.244 e. The lowest BCUT2D eigenvalue weighted by Gasteiger charge is -2.26. The van der Waals surface area contributed by atoms with E-state index in [2.05, 4.69) is 21.4 Å². The molecule has 0 amide bonds. The van der Waals surface area contributed by atoms with Gasteiger partial charge >= 0.3 is 0 Å². The minimum Gasteiger partial charge on any atom is -0.379 e. The largest absolute Gasteiger partial charge is 0.379 e. The van der Waals surface area contributed by atoms with E-state index in [1.807, 2.05) is 43.3 Å². The molecule has 8 heteroatoms. The zero-order valence-corrected chi connectivity index (χ0v) is 17.5. The Balaban J connectivity index is 1.59. The molecule has 0 radical (unpaired) electrons. The normalized spacial score (nSPS) is 16.2. The van der Waals surface area contributed by atoms with Crippen molar-refractivity contribution in [2.45, 2.75) is 17.9 Å². The Morgan fingerprint density at radius 3 is 2.53 bits per heavy atom. The number of sulfonamides is 1. The summed E-state index contributed by atoms with van der Waals surface area (Å²) in [5, 5.41) is 3.39. The summed E-state index contributed by atoms with van der Waals surface area (Å²) in [6.45, 7) is 3.58. The fourth-order valence-corrected chi connectivity index (χ4v) is 4.78. The van der Waals surface area contributed by atoms with Gasteiger partial charge in [-0.05, 0) is 36.8 Å². The van der Waals surface area contributed by atoms with E-state index in [4.69, 9.17) is 4.74 Å². The van der Waals surface area contributed by atoms with E-state index < -0.39 is 10.0 Å². The molecule has 0 bridgehead atoms. The van der Waals surface area contributed by atoms with Gasteiger partial charge in [-0.25, -0.2) is 13.4 Å². The molecule has 1 saturated heterocycles. The van der Waals surface area contributed by atoms with Crippen LogP contribution in [0.5, 0.6) is 0 Å². The second-order valence-corrected chi connectivity index (χ2v) is 9.08. The van der Waals surface area contributed by atoms with Crippen molar-refractivity contribution in [3.8, 4) is 0 Å². The monoisotopic (exact) mass is 424 g/mol. The van der Waals surface area contributed by atoms with Crippen molar-refractivity contribution >= 4 is 15.8 Å². The zero-order valence-electron chi connectivity index (χ0n) is 16.7. The Morgan fingerprint density at radius 2 is 1.87 bits per heavy atom. The summed E-state index contributed by atoms with van der Waals surface area (Å²) in [5.74, 6) is 0.577. The number of morpholine rings is 1. The maximum absolute atomic E-state index is 12.8. The Hall–Kier alpha value is -2.81. The molecule has 3 heterocycles. The lowest BCUT2D eigenvalue weighted by atomic mass is 10.0. The molecule has 1 atom stereocenters. The molecule has 0 spiro atoms. The number of aryl methyl sites for hydroxylation is 1. The molecular weight excluding hydrogens is 400 g/mol. The molecule has 30 heavy (non-hydrogen) atoms. The molecule has 1 aliphatic rings. The zero-order chi connectivity index (χ0) is 21.0. The minimum absolute atomic E-state index is 0.180. The van der Waals surface area contributed by atoms with Gasteiger partial charge in [-0.3, -0.25) is 4.98 Å². The third-order valence-corrected chi connectivity index (χ3v) is 6.88. The Kier molecular flexibility index (Phi) is 6.08. The van der Waals surface area contributed by atoms with Gasteiger partial charge in [0.2, 0.25) is 10.0 Å². The first-order valence-corrected chi connectivity index (χ1v) is 11.3. The highest BCUT2D eigenvalue weighted by atomic mass is 32.2. The number of nitrogens with one attached hydrogen (secondary N) is 1. The fourth-order valence-electron chi connectivity index (χ4n) is 3.43. The molecule has 1 unspecified atom stereocenters. The van der Waals surface area contributed by atoms with Crippen LogP contribution in [0.25, 0.3) is 0 Å². The van der Waals surface area contributed by atoms with Gasteiger partial charge in [-0.15, -0.1) is 0 Å². The van der Waals surface area contributed by atoms with Crippen molar-refractivity contribution < 1.29 is 13.2 Å². The van der Waals surface area contributed by atoms with Crippen molar-refractivity contribution in [1.82, 2.24) is 14.3 Å². The predicted octanol–water partition coefficient (Wildman–Crippen LogP) is 3.01. The number of benzene rings is 1. The van der Waals surface area contributed by atoms with Crippen molar-refractivity contribution in [3.05, 3.63) is 83.8 Å². The number of pyridine rings is 2. The van der Waals surface area contributed by atoms with E-state index in [9.17, 15) is 8.42 Å². The molecule has 156 valence electrons. The van der Waals surface area contributed by atoms with Crippen LogP contribution in [-0.4, -0.2) is 49.0 Å². The highest BCUT2D eigenvalue weighted by Crippen LogP contribution is 2.26. The molecule has 0 saturated carbocycles. The molecule has 0 aliphatic carbocycles. The van der Waals surface area contributed by atoms with Gasteiger partial charge in [0.25, 0.3) is 0 Å². The van der Waals surface area contributed by atoms with Crippen LogP contribution in [0.2, 0.25) is 0 Å². The summed E-state index contributed by atoms with van der Waals surface area (Å²) >= 11 is 0. The first-order chi connectivity index (χ1) is 14.5. The van der Waals surface area contributed by atoms with Crippen molar-refractivity contribution in [1.29, 1.82) is 0 Å². The van der Waals surface area contributed by atoms with Gasteiger partial charge in [0.15, 0.2) is 0 Å². The van der Waals surface area contributed by atoms with Gasteiger partial charge < -0.3 is 10.1 Å². The summed E-state index contributed by atoms with van der Waals surface area (Å²) in [4.78, 5) is 9.05. The summed E-state index contributed by atoms with van der Waals surface area (Å²) in [7, 11) is -3.57. The quantitative estimate of drug-likeness (QED) is 0.655. The molecule has 1 N–H and O–H groups in total. The second kappa shape index (κ2) is 8.91. The Labute approximate surface area is 176 Å². The number of aromatic nitrogens is 2. The van der Waals surface area contributed by atoms with E-state index in [1.165, 1.54) is 10.5 Å². The van der Waals surface area contributed by atoms with Crippen LogP contribution < -0.4 is 5.32 Å². The van der Waals surface area contributed by atoms with Gasteiger partial charge in [0.05, 0.1) is 24.9 Å². The third-order valence-electron chi connectivity index (χ3n) is 5.00. The van der Waals surface area contributed by atoms with Crippen LogP contribution in [-0.2, 0) is 14.8 Å². The lowest BCUT2D eigenvalue weighted by Crippen LogP contribution is -2.40. The SMILES string of the molecule is Cc1cccc(C(Nc2ccc(S(=O)(=O)N3CCOCC3)cn2)c2ccccn2)c1. The van der Waals surface area contributed by atoms with Gasteiger partial charge in [-0.1, -0.05) is 35.9 Å². The highest BCUT2D eigenvalue weighted by Gasteiger charge is 2.26. The number of ether oxygens (including phenoxy) is 1. The van der Waals surface area contributed by atoms with Gasteiger partial charge in [-0.2, -0.15) is 4.31 Å². The minimum atomic E-state index is -3.57. The standard InChI is InChI=1S/C22H24N4O3S/c1-17-5-4-6-18(15-17)22(20-7-2-3-10-23-20)25-21-9-8-19(16-24-21)30(27,28)26-11-13-29-14-12-26/h2-10,15-16,22H,11-14H2,1H3,(H,24,25). The topological polar surface area (TPSA) is 84.4 Å². The van der Waals surface area contributed by atoms with Crippen LogP contribution in [0.15, 0.2) is 71.9 Å². The van der Waals surface area contributed by atoms with E-state index >= 15 is 0 Å². The Bertz CT molecular complexity index is 1080. The van der Waals surface area contributed by atoms with Crippen LogP contribution >= 0.6 is 0 Å². The van der Waals surface area contributed by atoms with E-state index in [-0.39, 0.29) is 10.9 Å². The van der Waals surface area contributed by atoms with Crippen molar-refractivity contribution in [2.75, 3.05) is 31.6 Å². The highest BCUT2D eigenvalue weighted by molar-refractivity contribution is 7.89. The molecular formula is C22H24N4O3S. The molecule has 1 fully saturated rings. The first kappa shape index (κ1) is 20.5. The summed E-state index contributed by atoms with van der Waals surface area (Å²) in [6, 6.07) is 17.0. The van der Waals surface area contributed by atoms with Crippen LogP contribution in [0, 0.1) is 6.92 Å². The molecule has 4 rings (SSSR count). The maximum Gasteiger partial charge on any atom is 0.244 e. The average molecular weight is 425 g/mol. The number of hydrogen-bond acceptors (Lipinski definition) is 6. The third kappa shape index (κ3) is 4.51. The molecule has 3 aromatic rings. The van der Waals surface area contributed by atoms with E-state index in [0.717, 1.165) is 16.8 Å². The predicted molar refractivity (Wildman–Crippen MR) is 115 cm³/mol. The number of anilines is 1. The summed E-state index contributed by atoms with van der Waals surface area (Å²) in [5.41, 5.74) is 3.06. The molecule has 1 aromatic carbocycles. The first-order valence-electron chi connectivity index (χ1n) is 9.82. The van der Waals surface area contributed by atoms with Crippen LogP contribution in [0.1, 0.15) is 22.9 Å². The molecule has 2 aromatic heterocycles. The fraction of sp³-hybridized carbons (Fsp3) is 0.273. The number of hydrogen-bond donors (Lipinski definition) is 1. The number of nitrogens with zero attached hydrogens (tertiary/aromatic N) is 3. The van der Waals surface area contributed by atoms with Crippen molar-refractivity contribution in [3.63, 3.8) is 0 Å². The second-order valence-electron chi connectivity index (χ2n) is 7.14. The van der Waals surface area contributed by atoms with Gasteiger partial charge in [0, 0.05) is 25.5 Å². The maximum atomic E-state index is 12.8. The van der Waals surface area contributed by atoms with Gasteiger partial charge in [0.1, 0.15) is 10.7 Å².